The number of fused-ring (bicyclic) bond motifs is 1. The third-order valence-electron chi connectivity index (χ3n) is 6.00. The molecule has 2 aromatic rings. The minimum atomic E-state index is -4.02. The fourth-order valence-electron chi connectivity index (χ4n) is 3.91. The van der Waals surface area contributed by atoms with Crippen LogP contribution in [0.3, 0.4) is 0 Å². The number of likely N-dealkylation sites (N-methyl/N-ethyl adjacent to an activating group) is 1. The largest absolute Gasteiger partial charge is 0.487 e. The number of carbonyl (C=O) groups is 1. The number of amides is 1. The zero-order valence-corrected chi connectivity index (χ0v) is 20.6. The van der Waals surface area contributed by atoms with Gasteiger partial charge in [-0.15, -0.1) is 0 Å². The van der Waals surface area contributed by atoms with Crippen molar-refractivity contribution in [2.45, 2.75) is 30.9 Å². The van der Waals surface area contributed by atoms with Crippen molar-refractivity contribution in [3.63, 3.8) is 0 Å². The lowest BCUT2D eigenvalue weighted by molar-refractivity contribution is -0.135. The third kappa shape index (κ3) is 5.41. The fraction of sp³-hybridized carbons (Fsp3) is 0.458. The maximum Gasteiger partial charge on any atom is 0.248 e. The molecule has 0 bridgehead atoms. The van der Waals surface area contributed by atoms with E-state index < -0.39 is 28.0 Å². The highest BCUT2D eigenvalue weighted by molar-refractivity contribution is 7.89. The van der Waals surface area contributed by atoms with Crippen LogP contribution < -0.4 is 4.74 Å². The number of benzene rings is 2. The van der Waals surface area contributed by atoms with Gasteiger partial charge in [0.15, 0.2) is 0 Å². The Labute approximate surface area is 199 Å². The summed E-state index contributed by atoms with van der Waals surface area (Å²) < 4.78 is 53.9. The van der Waals surface area contributed by atoms with E-state index >= 15 is 0 Å². The Bertz CT molecular complexity index is 1130. The number of ether oxygens (including phenoxy) is 2. The Balaban J connectivity index is 2.11. The molecule has 0 unspecified atom stereocenters. The topological polar surface area (TPSA) is 96.4 Å². The maximum absolute atomic E-state index is 14.4. The van der Waals surface area contributed by atoms with E-state index in [1.54, 1.807) is 32.2 Å². The lowest BCUT2D eigenvalue weighted by atomic mass is 10.0. The van der Waals surface area contributed by atoms with Crippen molar-refractivity contribution in [3.8, 4) is 16.9 Å². The highest BCUT2D eigenvalue weighted by Crippen LogP contribution is 2.37. The number of carbonyl (C=O) groups excluding carboxylic acids is 1. The zero-order valence-electron chi connectivity index (χ0n) is 19.8. The molecule has 1 heterocycles. The highest BCUT2D eigenvalue weighted by atomic mass is 32.2. The molecule has 8 nitrogen and oxygen atoms in total. The van der Waals surface area contributed by atoms with Crippen molar-refractivity contribution in [2.24, 2.45) is 5.92 Å². The van der Waals surface area contributed by atoms with E-state index in [0.29, 0.717) is 11.1 Å². The number of sulfonamides is 1. The molecule has 0 saturated heterocycles. The molecule has 0 aromatic heterocycles. The van der Waals surface area contributed by atoms with Crippen LogP contribution in [-0.2, 0) is 19.6 Å². The molecule has 34 heavy (non-hydrogen) atoms. The van der Waals surface area contributed by atoms with E-state index in [4.69, 9.17) is 9.47 Å². The van der Waals surface area contributed by atoms with Crippen molar-refractivity contribution in [1.82, 2.24) is 9.21 Å². The van der Waals surface area contributed by atoms with Crippen LogP contribution in [0.15, 0.2) is 47.4 Å². The summed E-state index contributed by atoms with van der Waals surface area (Å²) in [6, 6.07) is 9.98. The molecule has 1 aliphatic rings. The lowest BCUT2D eigenvalue weighted by Gasteiger charge is -2.37. The van der Waals surface area contributed by atoms with Gasteiger partial charge >= 0.3 is 0 Å². The molecule has 0 aliphatic carbocycles. The molecule has 3 atom stereocenters. The van der Waals surface area contributed by atoms with Gasteiger partial charge in [0.1, 0.15) is 29.2 Å². The van der Waals surface area contributed by atoms with Gasteiger partial charge in [-0.2, -0.15) is 4.31 Å². The van der Waals surface area contributed by atoms with Crippen LogP contribution >= 0.6 is 0 Å². The van der Waals surface area contributed by atoms with Gasteiger partial charge < -0.3 is 19.5 Å². The Morgan fingerprint density at radius 1 is 1.32 bits per heavy atom. The first-order valence-electron chi connectivity index (χ1n) is 11.0. The summed E-state index contributed by atoms with van der Waals surface area (Å²) in [7, 11) is -0.965. The zero-order chi connectivity index (χ0) is 25.0. The normalized spacial score (nSPS) is 21.0. The molecule has 2 aromatic carbocycles. The van der Waals surface area contributed by atoms with Gasteiger partial charge in [0.25, 0.3) is 0 Å². The Kier molecular flexibility index (Phi) is 8.29. The van der Waals surface area contributed by atoms with Crippen LogP contribution in [0.1, 0.15) is 13.8 Å². The summed E-state index contributed by atoms with van der Waals surface area (Å²) in [6.45, 7) is 3.30. The first kappa shape index (κ1) is 26.1. The molecule has 1 N–H and O–H groups in total. The van der Waals surface area contributed by atoms with Gasteiger partial charge in [-0.1, -0.05) is 31.2 Å². The fourth-order valence-corrected chi connectivity index (χ4v) is 5.74. The Hall–Kier alpha value is -2.53. The van der Waals surface area contributed by atoms with Gasteiger partial charge in [0.05, 0.1) is 13.2 Å². The smallest absolute Gasteiger partial charge is 0.248 e. The van der Waals surface area contributed by atoms with E-state index in [-0.39, 0.29) is 48.8 Å². The van der Waals surface area contributed by atoms with Gasteiger partial charge in [-0.3, -0.25) is 4.79 Å². The first-order valence-corrected chi connectivity index (χ1v) is 12.4. The number of rotatable bonds is 7. The maximum atomic E-state index is 14.4. The van der Waals surface area contributed by atoms with Crippen molar-refractivity contribution in [2.75, 3.05) is 40.5 Å². The van der Waals surface area contributed by atoms with E-state index in [1.807, 2.05) is 6.92 Å². The van der Waals surface area contributed by atoms with Crippen LogP contribution in [0, 0.1) is 11.7 Å². The summed E-state index contributed by atoms with van der Waals surface area (Å²) in [5.74, 6) is -0.942. The number of hydrogen-bond acceptors (Lipinski definition) is 6. The Morgan fingerprint density at radius 3 is 2.68 bits per heavy atom. The summed E-state index contributed by atoms with van der Waals surface area (Å²) in [5.41, 5.74) is 0.774. The van der Waals surface area contributed by atoms with E-state index in [2.05, 4.69) is 0 Å². The van der Waals surface area contributed by atoms with Crippen molar-refractivity contribution >= 4 is 15.9 Å². The second kappa shape index (κ2) is 10.8. The molecule has 186 valence electrons. The minimum Gasteiger partial charge on any atom is -0.487 e. The average molecular weight is 495 g/mol. The minimum absolute atomic E-state index is 0.0695. The summed E-state index contributed by atoms with van der Waals surface area (Å²) >= 11 is 0. The number of aliphatic hydroxyl groups excluding tert-OH is 1. The number of nitrogens with zero attached hydrogens (tertiary/aromatic N) is 2. The van der Waals surface area contributed by atoms with Crippen molar-refractivity contribution < 1.29 is 32.2 Å². The average Bonchev–Trinajstić information content (AvgIpc) is 2.81. The summed E-state index contributed by atoms with van der Waals surface area (Å²) in [6.07, 6.45) is -0.565. The summed E-state index contributed by atoms with van der Waals surface area (Å²) in [5, 5.41) is 9.74. The molecule has 0 saturated carbocycles. The van der Waals surface area contributed by atoms with E-state index in [0.717, 1.165) is 0 Å². The van der Waals surface area contributed by atoms with Crippen LogP contribution in [-0.4, -0.2) is 81.2 Å². The monoisotopic (exact) mass is 494 g/mol. The molecule has 1 aliphatic heterocycles. The number of hydrogen-bond donors (Lipinski definition) is 1. The van der Waals surface area contributed by atoms with Gasteiger partial charge in [0.2, 0.25) is 15.9 Å². The predicted octanol–water partition coefficient (Wildman–Crippen LogP) is 2.37. The standard InChI is InChI=1S/C24H31FN2O6S/c1-16-12-27(17(2)14-28)34(30,31)23-10-9-18(19-7-5-6-8-20(19)25)11-21(23)33-22(16)13-26(3)24(29)15-32-4/h5-11,16-17,22,28H,12-15H2,1-4H3/t16-,17+,22+/m0/s1. The summed E-state index contributed by atoms with van der Waals surface area (Å²) in [4.78, 5) is 13.7. The van der Waals surface area contributed by atoms with E-state index in [1.165, 1.54) is 40.6 Å². The van der Waals surface area contributed by atoms with Crippen LogP contribution in [0.2, 0.25) is 0 Å². The van der Waals surface area contributed by atoms with Gasteiger partial charge in [0, 0.05) is 38.2 Å². The molecular formula is C24H31FN2O6S. The van der Waals surface area contributed by atoms with Crippen LogP contribution in [0.5, 0.6) is 5.75 Å². The van der Waals surface area contributed by atoms with Crippen molar-refractivity contribution in [1.29, 1.82) is 0 Å². The van der Waals surface area contributed by atoms with Gasteiger partial charge in [-0.25, -0.2) is 12.8 Å². The van der Waals surface area contributed by atoms with Gasteiger partial charge in [-0.05, 0) is 30.7 Å². The second-order valence-electron chi connectivity index (χ2n) is 8.59. The van der Waals surface area contributed by atoms with Crippen LogP contribution in [0.4, 0.5) is 4.39 Å². The molecule has 10 heteroatoms. The highest BCUT2D eigenvalue weighted by Gasteiger charge is 2.38. The molecule has 1 amide bonds. The molecule has 3 rings (SSSR count). The van der Waals surface area contributed by atoms with Crippen LogP contribution in [0.25, 0.3) is 11.1 Å². The van der Waals surface area contributed by atoms with E-state index in [9.17, 15) is 22.7 Å². The number of aliphatic hydroxyl groups is 1. The van der Waals surface area contributed by atoms with Crippen molar-refractivity contribution in [3.05, 3.63) is 48.3 Å². The Morgan fingerprint density at radius 2 is 2.03 bits per heavy atom. The number of halogens is 1. The third-order valence-corrected chi connectivity index (χ3v) is 8.02. The predicted molar refractivity (Wildman–Crippen MR) is 125 cm³/mol. The quantitative estimate of drug-likeness (QED) is 0.635. The lowest BCUT2D eigenvalue weighted by Crippen LogP contribution is -2.50. The molecule has 0 spiro atoms. The molecule has 0 fully saturated rings. The number of methoxy groups -OCH3 is 1. The second-order valence-corrected chi connectivity index (χ2v) is 10.4. The first-order chi connectivity index (χ1) is 16.1. The molecular weight excluding hydrogens is 463 g/mol. The SMILES string of the molecule is COCC(=O)N(C)C[C@H]1Oc2cc(-c3ccccc3F)ccc2S(=O)(=O)N([C@H](C)CO)C[C@@H]1C. The molecule has 0 radical (unpaired) electrons.